The number of ether oxygens (including phenoxy) is 3. The van der Waals surface area contributed by atoms with Gasteiger partial charge in [-0.1, -0.05) is 31.6 Å². The standard InChI is InChI=1S/C29H38N2O6/c1-18(2)22-9-7-19(3)23-15-25(36-26(32)10-8-21-16-31(5)17-30-21)28(4)11-12-29(34,37-28)20(13-24(22)23)14-27(33)35-6/h7-8,10-13,16-18,22-25,34H,9,14-15H2,1-6H3/b10-8+,20-13-/t22-,23+,24-,25+,28+,29-/m1/s1. The van der Waals surface area contributed by atoms with Crippen LogP contribution in [-0.4, -0.2) is 51.2 Å². The van der Waals surface area contributed by atoms with Gasteiger partial charge < -0.3 is 23.9 Å². The van der Waals surface area contributed by atoms with E-state index < -0.39 is 29.4 Å². The molecule has 0 amide bonds. The summed E-state index contributed by atoms with van der Waals surface area (Å²) in [6, 6.07) is 0. The molecule has 3 aliphatic rings. The average molecular weight is 511 g/mol. The fourth-order valence-electron chi connectivity index (χ4n) is 5.81. The normalized spacial score (nSPS) is 34.7. The zero-order valence-electron chi connectivity index (χ0n) is 22.5. The highest BCUT2D eigenvalue weighted by molar-refractivity contribution is 5.86. The third-order valence-electron chi connectivity index (χ3n) is 8.02. The lowest BCUT2D eigenvalue weighted by Gasteiger charge is -2.41. The lowest BCUT2D eigenvalue weighted by Crippen LogP contribution is -2.47. The lowest BCUT2D eigenvalue weighted by molar-refractivity contribution is -0.215. The number of fused-ring (bicyclic) bond motifs is 3. The number of rotatable bonds is 6. The van der Waals surface area contributed by atoms with Crippen LogP contribution < -0.4 is 0 Å². The number of allylic oxidation sites excluding steroid dienone is 3. The Morgan fingerprint density at radius 2 is 2.11 bits per heavy atom. The average Bonchev–Trinajstić information content (AvgIpc) is 3.41. The van der Waals surface area contributed by atoms with Crippen molar-refractivity contribution in [2.24, 2.45) is 30.7 Å². The molecule has 37 heavy (non-hydrogen) atoms. The molecule has 8 nitrogen and oxygen atoms in total. The first kappa shape index (κ1) is 27.1. The fraction of sp³-hybridized carbons (Fsp3) is 0.552. The van der Waals surface area contributed by atoms with Gasteiger partial charge in [0, 0.05) is 24.9 Å². The van der Waals surface area contributed by atoms with E-state index in [9.17, 15) is 14.7 Å². The molecule has 4 rings (SSSR count). The number of hydrogen-bond donors (Lipinski definition) is 1. The summed E-state index contributed by atoms with van der Waals surface area (Å²) >= 11 is 0. The molecule has 2 bridgehead atoms. The van der Waals surface area contributed by atoms with Crippen molar-refractivity contribution in [1.29, 1.82) is 0 Å². The van der Waals surface area contributed by atoms with Gasteiger partial charge >= 0.3 is 11.9 Å². The maximum absolute atomic E-state index is 13.0. The van der Waals surface area contributed by atoms with Gasteiger partial charge in [0.25, 0.3) is 0 Å². The molecule has 0 radical (unpaired) electrons. The van der Waals surface area contributed by atoms with Crippen LogP contribution in [-0.2, 0) is 30.8 Å². The second kappa shape index (κ2) is 10.4. The van der Waals surface area contributed by atoms with Crippen molar-refractivity contribution < 1.29 is 28.9 Å². The van der Waals surface area contributed by atoms with E-state index in [1.165, 1.54) is 18.8 Å². The highest BCUT2D eigenvalue weighted by Crippen LogP contribution is 2.49. The van der Waals surface area contributed by atoms with Gasteiger partial charge in [-0.05, 0) is 68.6 Å². The molecule has 1 N–H and O–H groups in total. The van der Waals surface area contributed by atoms with Crippen LogP contribution in [0.15, 0.2) is 54.1 Å². The summed E-state index contributed by atoms with van der Waals surface area (Å²) in [4.78, 5) is 29.5. The molecule has 0 aromatic carbocycles. The predicted molar refractivity (Wildman–Crippen MR) is 139 cm³/mol. The van der Waals surface area contributed by atoms with Crippen molar-refractivity contribution in [3.8, 4) is 0 Å². The monoisotopic (exact) mass is 510 g/mol. The van der Waals surface area contributed by atoms with E-state index >= 15 is 0 Å². The van der Waals surface area contributed by atoms with Gasteiger partial charge in [-0.2, -0.15) is 0 Å². The Kier molecular flexibility index (Phi) is 7.62. The Labute approximate surface area is 218 Å². The molecular formula is C29H38N2O6. The summed E-state index contributed by atoms with van der Waals surface area (Å²) in [6.45, 7) is 8.29. The van der Waals surface area contributed by atoms with Gasteiger partial charge in [-0.3, -0.25) is 4.79 Å². The number of nitrogens with zero attached hydrogens (tertiary/aromatic N) is 2. The van der Waals surface area contributed by atoms with Gasteiger partial charge in [0.1, 0.15) is 11.7 Å². The number of hydrogen-bond acceptors (Lipinski definition) is 7. The van der Waals surface area contributed by atoms with E-state index in [-0.39, 0.29) is 18.3 Å². The van der Waals surface area contributed by atoms with Crippen LogP contribution in [0.2, 0.25) is 0 Å². The minimum absolute atomic E-state index is 0.0268. The van der Waals surface area contributed by atoms with Crippen LogP contribution in [0.4, 0.5) is 0 Å². The molecule has 1 aliphatic carbocycles. The molecule has 3 heterocycles. The molecule has 0 saturated carbocycles. The number of aromatic nitrogens is 2. The summed E-state index contributed by atoms with van der Waals surface area (Å²) < 4.78 is 19.0. The summed E-state index contributed by atoms with van der Waals surface area (Å²) in [5.41, 5.74) is 1.21. The van der Waals surface area contributed by atoms with Gasteiger partial charge in [-0.25, -0.2) is 9.78 Å². The van der Waals surface area contributed by atoms with Gasteiger partial charge in [0.05, 0.1) is 25.6 Å². The Balaban J connectivity index is 1.72. The van der Waals surface area contributed by atoms with E-state index in [1.807, 2.05) is 13.1 Å². The van der Waals surface area contributed by atoms with Crippen molar-refractivity contribution >= 4 is 18.0 Å². The Bertz CT molecular complexity index is 1160. The highest BCUT2D eigenvalue weighted by atomic mass is 16.7. The summed E-state index contributed by atoms with van der Waals surface area (Å²) in [5.74, 6) is -2.04. The first-order valence-electron chi connectivity index (χ1n) is 12.9. The van der Waals surface area contributed by atoms with Gasteiger partial charge in [0.15, 0.2) is 0 Å². The smallest absolute Gasteiger partial charge is 0.331 e. The van der Waals surface area contributed by atoms with Crippen LogP contribution in [0.3, 0.4) is 0 Å². The van der Waals surface area contributed by atoms with E-state index in [4.69, 9.17) is 14.2 Å². The minimum Gasteiger partial charge on any atom is -0.469 e. The Hall–Kier alpha value is -2.97. The van der Waals surface area contributed by atoms with E-state index in [1.54, 1.807) is 42.2 Å². The molecule has 0 unspecified atom stereocenters. The second-order valence-corrected chi connectivity index (χ2v) is 11.0. The number of aryl methyl sites for hydroxylation is 1. The van der Waals surface area contributed by atoms with E-state index in [2.05, 4.69) is 31.8 Å². The van der Waals surface area contributed by atoms with Gasteiger partial charge in [-0.15, -0.1) is 0 Å². The van der Waals surface area contributed by atoms with Crippen LogP contribution in [0.25, 0.3) is 6.08 Å². The van der Waals surface area contributed by atoms with Crippen molar-refractivity contribution in [3.05, 3.63) is 59.7 Å². The molecule has 8 heteroatoms. The lowest BCUT2D eigenvalue weighted by atomic mass is 9.65. The number of imidazole rings is 1. The number of carbonyl (C=O) groups excluding carboxylic acids is 2. The molecule has 1 aromatic rings. The van der Waals surface area contributed by atoms with Crippen LogP contribution in [0.5, 0.6) is 0 Å². The molecule has 1 aromatic heterocycles. The number of esters is 2. The zero-order chi connectivity index (χ0) is 27.0. The molecule has 0 spiro atoms. The number of methoxy groups -OCH3 is 1. The first-order chi connectivity index (χ1) is 17.4. The first-order valence-corrected chi connectivity index (χ1v) is 12.9. The number of aliphatic hydroxyl groups is 1. The summed E-state index contributed by atoms with van der Waals surface area (Å²) in [7, 11) is 3.19. The van der Waals surface area contributed by atoms with Crippen molar-refractivity contribution in [2.45, 2.75) is 64.4 Å². The SMILES string of the molecule is COC(=O)C/C1=C/[C@@H]2[C@@H](C(C)C)CC=C(C)[C@@H]2C[C@H](OC(=O)/C=C/c2cn(C)cn2)[C@]2(C)C=C[C@@]1(O)O2. The molecule has 6 atom stereocenters. The Morgan fingerprint density at radius 1 is 1.35 bits per heavy atom. The molecular weight excluding hydrogens is 472 g/mol. The predicted octanol–water partition coefficient (Wildman–Crippen LogP) is 4.13. The topological polar surface area (TPSA) is 99.9 Å². The molecule has 2 aliphatic heterocycles. The summed E-state index contributed by atoms with van der Waals surface area (Å²) in [6.07, 6.45) is 14.7. The fourth-order valence-corrected chi connectivity index (χ4v) is 5.81. The third kappa shape index (κ3) is 5.65. The van der Waals surface area contributed by atoms with E-state index in [0.29, 0.717) is 29.5 Å². The third-order valence-corrected chi connectivity index (χ3v) is 8.02. The van der Waals surface area contributed by atoms with Crippen molar-refractivity contribution in [2.75, 3.05) is 7.11 Å². The van der Waals surface area contributed by atoms with Gasteiger partial charge in [0.2, 0.25) is 5.79 Å². The minimum atomic E-state index is -1.80. The maximum Gasteiger partial charge on any atom is 0.331 e. The van der Waals surface area contributed by atoms with Crippen molar-refractivity contribution in [1.82, 2.24) is 9.55 Å². The van der Waals surface area contributed by atoms with Crippen LogP contribution in [0, 0.1) is 23.7 Å². The number of carbonyl (C=O) groups is 2. The largest absolute Gasteiger partial charge is 0.469 e. The molecule has 200 valence electrons. The molecule has 0 fully saturated rings. The highest BCUT2D eigenvalue weighted by Gasteiger charge is 2.52. The zero-order valence-corrected chi connectivity index (χ0v) is 22.5. The maximum atomic E-state index is 13.0. The van der Waals surface area contributed by atoms with Crippen LogP contribution in [0.1, 0.15) is 52.7 Å². The quantitative estimate of drug-likeness (QED) is 0.349. The summed E-state index contributed by atoms with van der Waals surface area (Å²) in [5, 5.41) is 11.6. The second-order valence-electron chi connectivity index (χ2n) is 11.0. The van der Waals surface area contributed by atoms with E-state index in [0.717, 1.165) is 6.42 Å². The molecule has 0 saturated heterocycles. The Morgan fingerprint density at radius 3 is 2.76 bits per heavy atom. The van der Waals surface area contributed by atoms with Crippen molar-refractivity contribution in [3.63, 3.8) is 0 Å². The van der Waals surface area contributed by atoms with Crippen LogP contribution >= 0.6 is 0 Å².